The number of aromatic amines is 1. The van der Waals surface area contributed by atoms with E-state index in [4.69, 9.17) is 4.74 Å². The fourth-order valence-electron chi connectivity index (χ4n) is 3.49. The minimum absolute atomic E-state index is 0.177. The molecule has 7 nitrogen and oxygen atoms in total. The van der Waals surface area contributed by atoms with Crippen LogP contribution in [0.25, 0.3) is 32.9 Å². The molecule has 0 aliphatic rings. The number of halogens is 2. The van der Waals surface area contributed by atoms with Gasteiger partial charge in [0, 0.05) is 29.1 Å². The van der Waals surface area contributed by atoms with Crippen LogP contribution in [0.3, 0.4) is 0 Å². The first-order valence-corrected chi connectivity index (χ1v) is 10.3. The summed E-state index contributed by atoms with van der Waals surface area (Å²) in [7, 11) is -1.26. The second-order valence-electron chi connectivity index (χ2n) is 6.69. The van der Waals surface area contributed by atoms with Crippen LogP contribution in [-0.2, 0) is 17.3 Å². The fraction of sp³-hybridized carbons (Fsp3) is 0.200. The van der Waals surface area contributed by atoms with Gasteiger partial charge in [0.15, 0.2) is 5.65 Å². The predicted octanol–water partition coefficient (Wildman–Crippen LogP) is 3.11. The maximum Gasteiger partial charge on any atom is 0.201 e. The third-order valence-corrected chi connectivity index (χ3v) is 5.40. The maximum absolute atomic E-state index is 15.3. The summed E-state index contributed by atoms with van der Waals surface area (Å²) < 4.78 is 58.8. The number of H-pyrrole nitrogens is 1. The Hall–Kier alpha value is -3.11. The molecule has 10 heteroatoms. The molecule has 0 aliphatic carbocycles. The molecule has 0 saturated carbocycles. The summed E-state index contributed by atoms with van der Waals surface area (Å²) in [6.45, 7) is 0.177. The van der Waals surface area contributed by atoms with Gasteiger partial charge in [0.2, 0.25) is 10.9 Å². The number of fused-ring (bicyclic) bond motifs is 3. The lowest BCUT2D eigenvalue weighted by Crippen LogP contribution is -2.13. The highest BCUT2D eigenvalue weighted by molar-refractivity contribution is 7.70. The first-order chi connectivity index (χ1) is 14.5. The molecule has 0 fully saturated rings. The molecule has 4 rings (SSSR count). The van der Waals surface area contributed by atoms with Gasteiger partial charge in [-0.25, -0.2) is 26.9 Å². The Labute approximate surface area is 172 Å². The lowest BCUT2D eigenvalue weighted by molar-refractivity contribution is 0.416. The highest BCUT2D eigenvalue weighted by atomic mass is 32.2. The Morgan fingerprint density at radius 1 is 1.17 bits per heavy atom. The number of aromatic nitrogens is 3. The lowest BCUT2D eigenvalue weighted by Gasteiger charge is -2.14. The third-order valence-electron chi connectivity index (χ3n) is 4.92. The number of nitrogens with one attached hydrogen (secondary N) is 2. The number of aryl methyl sites for hydroxylation is 1. The zero-order valence-electron chi connectivity index (χ0n) is 15.9. The molecule has 0 saturated heterocycles. The standard InChI is InChI=1S/C20H18F2N4O3S/c1-29-17-8-13-12(9-23-20-15(13)10-24-26-20)7-14(17)18-16(21)5-4-11(19(18)22)3-2-6-25-30(27)28/h4-5,7-10,30H,2-3,6H2,1H3,(H,23,24,26)(H,25,27,28). The number of benzene rings is 2. The number of hydrogen-bond donors (Lipinski definition) is 3. The molecule has 2 aromatic heterocycles. The van der Waals surface area contributed by atoms with Crippen LogP contribution in [0.15, 0.2) is 36.7 Å². The minimum atomic E-state index is -2.70. The minimum Gasteiger partial charge on any atom is -0.496 e. The van der Waals surface area contributed by atoms with Crippen LogP contribution in [0.4, 0.5) is 8.78 Å². The monoisotopic (exact) mass is 432 g/mol. The molecule has 0 spiro atoms. The Morgan fingerprint density at radius 2 is 2.00 bits per heavy atom. The zero-order valence-corrected chi connectivity index (χ0v) is 16.8. The molecule has 0 aliphatic heterocycles. The van der Waals surface area contributed by atoms with Crippen molar-refractivity contribution in [3.63, 3.8) is 0 Å². The molecule has 0 atom stereocenters. The predicted molar refractivity (Wildman–Crippen MR) is 110 cm³/mol. The first kappa shape index (κ1) is 20.2. The lowest BCUT2D eigenvalue weighted by atomic mass is 9.96. The van der Waals surface area contributed by atoms with Crippen molar-refractivity contribution in [2.45, 2.75) is 12.8 Å². The van der Waals surface area contributed by atoms with Crippen LogP contribution in [0, 0.1) is 11.6 Å². The van der Waals surface area contributed by atoms with E-state index in [2.05, 4.69) is 19.9 Å². The molecule has 0 bridgehead atoms. The number of pyridine rings is 1. The van der Waals surface area contributed by atoms with Gasteiger partial charge in [0.05, 0.1) is 18.9 Å². The highest BCUT2D eigenvalue weighted by Crippen LogP contribution is 2.39. The van der Waals surface area contributed by atoms with E-state index < -0.39 is 22.5 Å². The van der Waals surface area contributed by atoms with Crippen molar-refractivity contribution in [1.29, 1.82) is 0 Å². The van der Waals surface area contributed by atoms with E-state index in [9.17, 15) is 12.8 Å². The summed E-state index contributed by atoms with van der Waals surface area (Å²) >= 11 is 0. The Kier molecular flexibility index (Phi) is 5.60. The number of nitrogens with zero attached hydrogens (tertiary/aromatic N) is 2. The van der Waals surface area contributed by atoms with E-state index in [0.29, 0.717) is 28.8 Å². The van der Waals surface area contributed by atoms with Gasteiger partial charge >= 0.3 is 0 Å². The van der Waals surface area contributed by atoms with E-state index in [1.165, 1.54) is 19.2 Å². The Bertz CT molecular complexity index is 1310. The number of hydrogen-bond acceptors (Lipinski definition) is 5. The summed E-state index contributed by atoms with van der Waals surface area (Å²) in [4.78, 5) is 4.28. The fourth-order valence-corrected chi connectivity index (χ4v) is 3.84. The quantitative estimate of drug-likeness (QED) is 0.308. The second kappa shape index (κ2) is 8.33. The van der Waals surface area contributed by atoms with Crippen LogP contribution in [0.1, 0.15) is 12.0 Å². The van der Waals surface area contributed by atoms with E-state index in [1.807, 2.05) is 0 Å². The van der Waals surface area contributed by atoms with Crippen molar-refractivity contribution < 1.29 is 21.9 Å². The molecule has 156 valence electrons. The third kappa shape index (κ3) is 3.71. The molecule has 2 heterocycles. The number of ether oxygens (including phenoxy) is 1. The van der Waals surface area contributed by atoms with Gasteiger partial charge in [0.25, 0.3) is 0 Å². The van der Waals surface area contributed by atoms with Gasteiger partial charge in [-0.3, -0.25) is 5.10 Å². The van der Waals surface area contributed by atoms with Crippen molar-refractivity contribution in [2.24, 2.45) is 0 Å². The summed E-state index contributed by atoms with van der Waals surface area (Å²) in [6, 6.07) is 5.93. The maximum atomic E-state index is 15.3. The zero-order chi connectivity index (χ0) is 21.3. The topological polar surface area (TPSA) is 97.0 Å². The smallest absolute Gasteiger partial charge is 0.201 e. The van der Waals surface area contributed by atoms with Gasteiger partial charge < -0.3 is 4.74 Å². The molecule has 0 unspecified atom stereocenters. The SMILES string of the molecule is COc1cc2c(cnc3[nH]ncc32)cc1-c1c(F)ccc(CCCN[SH](=O)=O)c1F. The number of methoxy groups -OCH3 is 1. The van der Waals surface area contributed by atoms with Gasteiger partial charge in [-0.15, -0.1) is 0 Å². The number of thiol groups is 1. The number of rotatable bonds is 7. The molecule has 2 N–H and O–H groups in total. The molecular weight excluding hydrogens is 414 g/mol. The van der Waals surface area contributed by atoms with Crippen molar-refractivity contribution in [3.05, 3.63) is 53.9 Å². The average Bonchev–Trinajstić information content (AvgIpc) is 3.21. The van der Waals surface area contributed by atoms with Crippen molar-refractivity contribution in [3.8, 4) is 16.9 Å². The summed E-state index contributed by atoms with van der Waals surface area (Å²) in [6.07, 6.45) is 3.87. The van der Waals surface area contributed by atoms with Crippen LogP contribution in [-0.4, -0.2) is 37.3 Å². The van der Waals surface area contributed by atoms with Crippen LogP contribution >= 0.6 is 0 Å². The molecule has 0 radical (unpaired) electrons. The Morgan fingerprint density at radius 3 is 2.77 bits per heavy atom. The van der Waals surface area contributed by atoms with Crippen LogP contribution in [0.2, 0.25) is 0 Å². The normalized spacial score (nSPS) is 11.6. The van der Waals surface area contributed by atoms with E-state index >= 15 is 4.39 Å². The van der Waals surface area contributed by atoms with Gasteiger partial charge in [-0.1, -0.05) is 6.07 Å². The summed E-state index contributed by atoms with van der Waals surface area (Å²) in [5.41, 5.74) is 0.971. The molecule has 0 amide bonds. The van der Waals surface area contributed by atoms with E-state index in [-0.39, 0.29) is 24.1 Å². The second-order valence-corrected chi connectivity index (χ2v) is 7.52. The Balaban J connectivity index is 1.80. The average molecular weight is 432 g/mol. The molecule has 2 aromatic carbocycles. The largest absolute Gasteiger partial charge is 0.496 e. The highest BCUT2D eigenvalue weighted by Gasteiger charge is 2.20. The van der Waals surface area contributed by atoms with Gasteiger partial charge in [-0.05, 0) is 42.0 Å². The van der Waals surface area contributed by atoms with Crippen molar-refractivity contribution in [2.75, 3.05) is 13.7 Å². The van der Waals surface area contributed by atoms with Crippen LogP contribution < -0.4 is 9.46 Å². The van der Waals surface area contributed by atoms with Gasteiger partial charge in [0.1, 0.15) is 17.4 Å². The summed E-state index contributed by atoms with van der Waals surface area (Å²) in [5, 5.41) is 9.03. The van der Waals surface area contributed by atoms with Crippen molar-refractivity contribution in [1.82, 2.24) is 19.9 Å². The molecule has 30 heavy (non-hydrogen) atoms. The van der Waals surface area contributed by atoms with Crippen LogP contribution in [0.5, 0.6) is 5.75 Å². The van der Waals surface area contributed by atoms with E-state index in [1.54, 1.807) is 24.5 Å². The van der Waals surface area contributed by atoms with Crippen molar-refractivity contribution >= 4 is 32.7 Å². The van der Waals surface area contributed by atoms with Gasteiger partial charge in [-0.2, -0.15) is 5.10 Å². The molecular formula is C20H18F2N4O3S. The van der Waals surface area contributed by atoms with E-state index in [0.717, 1.165) is 10.8 Å². The summed E-state index contributed by atoms with van der Waals surface area (Å²) in [5.74, 6) is -1.10. The molecule has 4 aromatic rings. The first-order valence-electron chi connectivity index (χ1n) is 9.14.